The molecule has 0 amide bonds. The first-order chi connectivity index (χ1) is 8.70. The van der Waals surface area contributed by atoms with Gasteiger partial charge in [0.1, 0.15) is 11.9 Å². The van der Waals surface area contributed by atoms with Crippen LogP contribution in [-0.4, -0.2) is 11.7 Å². The molecule has 0 aliphatic carbocycles. The maximum atomic E-state index is 9.90. The van der Waals surface area contributed by atoms with Crippen molar-refractivity contribution < 1.29 is 9.52 Å². The predicted molar refractivity (Wildman–Crippen MR) is 73.8 cm³/mol. The predicted octanol–water partition coefficient (Wildman–Crippen LogP) is 3.29. The van der Waals surface area contributed by atoms with Crippen molar-refractivity contribution in [2.45, 2.75) is 32.4 Å². The number of nitrogens with one attached hydrogen (secondary N) is 1. The van der Waals surface area contributed by atoms with E-state index in [2.05, 4.69) is 31.3 Å². The van der Waals surface area contributed by atoms with E-state index in [1.807, 2.05) is 11.3 Å². The molecule has 0 fully saturated rings. The first-order valence-electron chi connectivity index (χ1n) is 6.24. The fourth-order valence-electron chi connectivity index (χ4n) is 1.79. The second-order valence-corrected chi connectivity index (χ2v) is 5.52. The van der Waals surface area contributed by atoms with Gasteiger partial charge < -0.3 is 14.8 Å². The Balaban J connectivity index is 1.86. The average Bonchev–Trinajstić information content (AvgIpc) is 3.05. The van der Waals surface area contributed by atoms with E-state index in [1.165, 1.54) is 9.75 Å². The van der Waals surface area contributed by atoms with E-state index in [4.69, 9.17) is 4.42 Å². The molecule has 2 aromatic rings. The Morgan fingerprint density at radius 3 is 2.83 bits per heavy atom. The first kappa shape index (κ1) is 13.3. The Morgan fingerprint density at radius 1 is 1.39 bits per heavy atom. The molecule has 2 rings (SSSR count). The van der Waals surface area contributed by atoms with Crippen LogP contribution in [0.3, 0.4) is 0 Å². The normalized spacial score (nSPS) is 14.6. The highest BCUT2D eigenvalue weighted by Crippen LogP contribution is 2.24. The van der Waals surface area contributed by atoms with Crippen LogP contribution in [0.15, 0.2) is 34.9 Å². The summed E-state index contributed by atoms with van der Waals surface area (Å²) in [5.41, 5.74) is 0. The lowest BCUT2D eigenvalue weighted by Gasteiger charge is -2.14. The van der Waals surface area contributed by atoms with Crippen LogP contribution in [0.4, 0.5) is 0 Å². The van der Waals surface area contributed by atoms with Crippen molar-refractivity contribution in [3.8, 4) is 0 Å². The summed E-state index contributed by atoms with van der Waals surface area (Å²) in [6.07, 6.45) is 2.06. The number of hydrogen-bond donors (Lipinski definition) is 2. The number of thiophene rings is 1. The van der Waals surface area contributed by atoms with Gasteiger partial charge in [-0.1, -0.05) is 6.92 Å². The Labute approximate surface area is 111 Å². The number of furan rings is 1. The van der Waals surface area contributed by atoms with Crippen molar-refractivity contribution in [1.82, 2.24) is 5.32 Å². The number of rotatable bonds is 6. The van der Waals surface area contributed by atoms with Crippen LogP contribution in [0.25, 0.3) is 0 Å². The van der Waals surface area contributed by atoms with E-state index in [1.54, 1.807) is 18.4 Å². The topological polar surface area (TPSA) is 45.4 Å². The molecule has 0 aliphatic heterocycles. The van der Waals surface area contributed by atoms with E-state index in [9.17, 15) is 5.11 Å². The zero-order valence-electron chi connectivity index (χ0n) is 10.7. The molecule has 98 valence electrons. The Morgan fingerprint density at radius 2 is 2.22 bits per heavy atom. The summed E-state index contributed by atoms with van der Waals surface area (Å²) in [7, 11) is 0. The summed E-state index contributed by atoms with van der Waals surface area (Å²) in [6.45, 7) is 4.77. The van der Waals surface area contributed by atoms with Crippen LogP contribution < -0.4 is 5.32 Å². The second kappa shape index (κ2) is 6.18. The maximum Gasteiger partial charge on any atom is 0.133 e. The molecule has 0 saturated carbocycles. The van der Waals surface area contributed by atoms with Crippen LogP contribution in [0.2, 0.25) is 0 Å². The van der Waals surface area contributed by atoms with E-state index in [0.29, 0.717) is 12.3 Å². The van der Waals surface area contributed by atoms with Crippen LogP contribution >= 0.6 is 11.3 Å². The lowest BCUT2D eigenvalue weighted by atomic mass is 10.2. The quantitative estimate of drug-likeness (QED) is 0.842. The Bertz CT molecular complexity index is 464. The molecule has 3 nitrogen and oxygen atoms in total. The number of aliphatic hydroxyl groups excluding tert-OH is 1. The van der Waals surface area contributed by atoms with Crippen molar-refractivity contribution >= 4 is 11.3 Å². The summed E-state index contributed by atoms with van der Waals surface area (Å²) < 4.78 is 5.17. The van der Waals surface area contributed by atoms with Gasteiger partial charge in [0.2, 0.25) is 0 Å². The van der Waals surface area contributed by atoms with E-state index >= 15 is 0 Å². The summed E-state index contributed by atoms with van der Waals surface area (Å²) in [4.78, 5) is 2.70. The van der Waals surface area contributed by atoms with Crippen LogP contribution in [0, 0.1) is 0 Å². The van der Waals surface area contributed by atoms with Gasteiger partial charge in [-0.15, -0.1) is 11.3 Å². The zero-order valence-corrected chi connectivity index (χ0v) is 11.5. The largest absolute Gasteiger partial charge is 0.467 e. The average molecular weight is 265 g/mol. The highest BCUT2D eigenvalue weighted by atomic mass is 32.1. The lowest BCUT2D eigenvalue weighted by molar-refractivity contribution is 0.144. The van der Waals surface area contributed by atoms with Gasteiger partial charge in [0.05, 0.1) is 6.26 Å². The molecule has 0 radical (unpaired) electrons. The SMILES string of the molecule is CCc1ccc(C(C)NCC(O)c2ccco2)s1. The Hall–Kier alpha value is -1.10. The minimum absolute atomic E-state index is 0.250. The molecule has 0 saturated heterocycles. The highest BCUT2D eigenvalue weighted by Gasteiger charge is 2.13. The van der Waals surface area contributed by atoms with Gasteiger partial charge in [-0.25, -0.2) is 0 Å². The molecule has 2 aromatic heterocycles. The molecule has 18 heavy (non-hydrogen) atoms. The van der Waals surface area contributed by atoms with Crippen LogP contribution in [-0.2, 0) is 6.42 Å². The summed E-state index contributed by atoms with van der Waals surface area (Å²) >= 11 is 1.82. The number of aryl methyl sites for hydroxylation is 1. The zero-order chi connectivity index (χ0) is 13.0. The van der Waals surface area contributed by atoms with Crippen molar-refractivity contribution in [3.63, 3.8) is 0 Å². The number of hydrogen-bond acceptors (Lipinski definition) is 4. The standard InChI is InChI=1S/C14H19NO2S/c1-3-11-6-7-14(18-11)10(2)15-9-12(16)13-5-4-8-17-13/h4-8,10,12,15-16H,3,9H2,1-2H3. The molecule has 0 bridgehead atoms. The molecular weight excluding hydrogens is 246 g/mol. The monoisotopic (exact) mass is 265 g/mol. The molecule has 2 atom stereocenters. The molecule has 0 aliphatic rings. The van der Waals surface area contributed by atoms with Gasteiger partial charge in [-0.2, -0.15) is 0 Å². The fourth-order valence-corrected chi connectivity index (χ4v) is 2.77. The third-order valence-electron chi connectivity index (χ3n) is 2.95. The van der Waals surface area contributed by atoms with Crippen molar-refractivity contribution in [2.24, 2.45) is 0 Å². The van der Waals surface area contributed by atoms with Gasteiger partial charge >= 0.3 is 0 Å². The maximum absolute atomic E-state index is 9.90. The third kappa shape index (κ3) is 3.22. The molecule has 2 N–H and O–H groups in total. The van der Waals surface area contributed by atoms with Gasteiger partial charge in [0.15, 0.2) is 0 Å². The van der Waals surface area contributed by atoms with Gasteiger partial charge in [0.25, 0.3) is 0 Å². The third-order valence-corrected chi connectivity index (χ3v) is 4.36. The van der Waals surface area contributed by atoms with Gasteiger partial charge in [-0.3, -0.25) is 0 Å². The molecular formula is C14H19NO2S. The molecule has 2 unspecified atom stereocenters. The summed E-state index contributed by atoms with van der Waals surface area (Å²) in [5.74, 6) is 0.607. The molecule has 0 spiro atoms. The number of aliphatic hydroxyl groups is 1. The van der Waals surface area contributed by atoms with Gasteiger partial charge in [0, 0.05) is 22.3 Å². The molecule has 0 aromatic carbocycles. The smallest absolute Gasteiger partial charge is 0.133 e. The van der Waals surface area contributed by atoms with Crippen molar-refractivity contribution in [3.05, 3.63) is 46.0 Å². The van der Waals surface area contributed by atoms with Crippen LogP contribution in [0.5, 0.6) is 0 Å². The lowest BCUT2D eigenvalue weighted by Crippen LogP contribution is -2.23. The first-order valence-corrected chi connectivity index (χ1v) is 7.05. The minimum atomic E-state index is -0.590. The van der Waals surface area contributed by atoms with Crippen molar-refractivity contribution in [2.75, 3.05) is 6.54 Å². The minimum Gasteiger partial charge on any atom is -0.467 e. The highest BCUT2D eigenvalue weighted by molar-refractivity contribution is 7.12. The van der Waals surface area contributed by atoms with Gasteiger partial charge in [-0.05, 0) is 37.6 Å². The second-order valence-electron chi connectivity index (χ2n) is 4.32. The fraction of sp³-hybridized carbons (Fsp3) is 0.429. The van der Waals surface area contributed by atoms with E-state index in [0.717, 1.165) is 6.42 Å². The Kier molecular flexibility index (Phi) is 4.58. The molecule has 2 heterocycles. The molecule has 4 heteroatoms. The summed E-state index contributed by atoms with van der Waals surface area (Å²) in [6, 6.07) is 8.15. The van der Waals surface area contributed by atoms with Crippen LogP contribution in [0.1, 0.15) is 41.5 Å². The van der Waals surface area contributed by atoms with E-state index in [-0.39, 0.29) is 6.04 Å². The van der Waals surface area contributed by atoms with Crippen molar-refractivity contribution in [1.29, 1.82) is 0 Å². The summed E-state index contributed by atoms with van der Waals surface area (Å²) in [5, 5.41) is 13.2. The van der Waals surface area contributed by atoms with E-state index < -0.39 is 6.10 Å².